The monoisotopic (exact) mass is 186 g/mol. The van der Waals surface area contributed by atoms with Crippen LogP contribution in [0.4, 0.5) is 0 Å². The van der Waals surface area contributed by atoms with Gasteiger partial charge in [0.2, 0.25) is 0 Å². The predicted molar refractivity (Wildman–Crippen MR) is 50.1 cm³/mol. The van der Waals surface area contributed by atoms with Crippen LogP contribution in [0.3, 0.4) is 0 Å². The SMILES string of the molecule is CC(CCO)NCc1cscn1. The Morgan fingerprint density at radius 3 is 3.17 bits per heavy atom. The standard InChI is InChI=1S/C8H14N2OS/c1-7(2-3-11)9-4-8-5-12-6-10-8/h5-7,9,11H,2-4H2,1H3. The first-order valence-corrected chi connectivity index (χ1v) is 4.98. The molecule has 0 aliphatic rings. The number of thiazole rings is 1. The van der Waals surface area contributed by atoms with Gasteiger partial charge in [-0.3, -0.25) is 0 Å². The number of aromatic nitrogens is 1. The Bertz CT molecular complexity index is 201. The highest BCUT2D eigenvalue weighted by Crippen LogP contribution is 2.00. The van der Waals surface area contributed by atoms with E-state index in [-0.39, 0.29) is 6.61 Å². The van der Waals surface area contributed by atoms with E-state index in [4.69, 9.17) is 5.11 Å². The molecule has 0 bridgehead atoms. The summed E-state index contributed by atoms with van der Waals surface area (Å²) in [5.74, 6) is 0. The molecule has 0 radical (unpaired) electrons. The number of hydrogen-bond acceptors (Lipinski definition) is 4. The number of rotatable bonds is 5. The first-order valence-electron chi connectivity index (χ1n) is 4.04. The Balaban J connectivity index is 2.17. The molecule has 0 amide bonds. The van der Waals surface area contributed by atoms with Gasteiger partial charge in [0.15, 0.2) is 0 Å². The van der Waals surface area contributed by atoms with Crippen LogP contribution in [0.15, 0.2) is 10.9 Å². The van der Waals surface area contributed by atoms with Crippen LogP contribution >= 0.6 is 11.3 Å². The maximum absolute atomic E-state index is 8.64. The summed E-state index contributed by atoms with van der Waals surface area (Å²) in [7, 11) is 0. The summed E-state index contributed by atoms with van der Waals surface area (Å²) >= 11 is 1.60. The largest absolute Gasteiger partial charge is 0.396 e. The van der Waals surface area contributed by atoms with Gasteiger partial charge in [0, 0.05) is 24.6 Å². The maximum atomic E-state index is 8.64. The van der Waals surface area contributed by atoms with Crippen LogP contribution < -0.4 is 5.32 Å². The van der Waals surface area contributed by atoms with Crippen LogP contribution in [-0.4, -0.2) is 22.7 Å². The number of nitrogens with zero attached hydrogens (tertiary/aromatic N) is 1. The van der Waals surface area contributed by atoms with E-state index in [2.05, 4.69) is 17.2 Å². The average molecular weight is 186 g/mol. The number of aliphatic hydroxyl groups excluding tert-OH is 1. The number of hydrogen-bond donors (Lipinski definition) is 2. The summed E-state index contributed by atoms with van der Waals surface area (Å²) in [6.45, 7) is 3.10. The van der Waals surface area contributed by atoms with E-state index in [0.717, 1.165) is 18.7 Å². The van der Waals surface area contributed by atoms with Gasteiger partial charge in [-0.25, -0.2) is 4.98 Å². The highest BCUT2D eigenvalue weighted by Gasteiger charge is 2.00. The molecule has 1 atom stereocenters. The third-order valence-corrected chi connectivity index (χ3v) is 2.31. The van der Waals surface area contributed by atoms with Crippen LogP contribution in [0.1, 0.15) is 19.0 Å². The zero-order valence-electron chi connectivity index (χ0n) is 7.16. The predicted octanol–water partition coefficient (Wildman–Crippen LogP) is 1.00. The van der Waals surface area contributed by atoms with E-state index in [1.54, 1.807) is 11.3 Å². The van der Waals surface area contributed by atoms with Crippen molar-refractivity contribution in [2.45, 2.75) is 25.9 Å². The molecule has 4 heteroatoms. The van der Waals surface area contributed by atoms with Crippen molar-refractivity contribution in [1.82, 2.24) is 10.3 Å². The molecule has 0 aromatic carbocycles. The zero-order chi connectivity index (χ0) is 8.81. The van der Waals surface area contributed by atoms with Crippen molar-refractivity contribution < 1.29 is 5.11 Å². The third-order valence-electron chi connectivity index (χ3n) is 1.68. The molecule has 1 unspecified atom stereocenters. The molecule has 0 fully saturated rings. The van der Waals surface area contributed by atoms with E-state index in [9.17, 15) is 0 Å². The molecule has 1 aromatic rings. The van der Waals surface area contributed by atoms with Gasteiger partial charge in [-0.05, 0) is 13.3 Å². The molecule has 0 spiro atoms. The lowest BCUT2D eigenvalue weighted by Crippen LogP contribution is -2.26. The van der Waals surface area contributed by atoms with Crippen molar-refractivity contribution in [2.24, 2.45) is 0 Å². The van der Waals surface area contributed by atoms with Crippen LogP contribution in [0.25, 0.3) is 0 Å². The van der Waals surface area contributed by atoms with Crippen molar-refractivity contribution in [2.75, 3.05) is 6.61 Å². The number of nitrogens with one attached hydrogen (secondary N) is 1. The van der Waals surface area contributed by atoms with Crippen molar-refractivity contribution in [3.05, 3.63) is 16.6 Å². The van der Waals surface area contributed by atoms with Crippen LogP contribution in [0.2, 0.25) is 0 Å². The van der Waals surface area contributed by atoms with E-state index >= 15 is 0 Å². The summed E-state index contributed by atoms with van der Waals surface area (Å²) in [5, 5.41) is 13.9. The van der Waals surface area contributed by atoms with Crippen molar-refractivity contribution in [1.29, 1.82) is 0 Å². The molecule has 0 saturated heterocycles. The quantitative estimate of drug-likeness (QED) is 0.721. The summed E-state index contributed by atoms with van der Waals surface area (Å²) in [5.41, 5.74) is 2.90. The Morgan fingerprint density at radius 2 is 2.58 bits per heavy atom. The van der Waals surface area contributed by atoms with Gasteiger partial charge in [-0.2, -0.15) is 0 Å². The van der Waals surface area contributed by atoms with Gasteiger partial charge >= 0.3 is 0 Å². The lowest BCUT2D eigenvalue weighted by molar-refractivity contribution is 0.268. The maximum Gasteiger partial charge on any atom is 0.0795 e. The average Bonchev–Trinajstić information content (AvgIpc) is 2.53. The van der Waals surface area contributed by atoms with E-state index in [1.165, 1.54) is 0 Å². The minimum absolute atomic E-state index is 0.241. The second-order valence-electron chi connectivity index (χ2n) is 2.77. The van der Waals surface area contributed by atoms with Gasteiger partial charge in [-0.1, -0.05) is 0 Å². The topological polar surface area (TPSA) is 45.1 Å². The van der Waals surface area contributed by atoms with E-state index < -0.39 is 0 Å². The Labute approximate surface area is 76.5 Å². The summed E-state index contributed by atoms with van der Waals surface area (Å²) in [6.07, 6.45) is 0.796. The summed E-state index contributed by atoms with van der Waals surface area (Å²) < 4.78 is 0. The Morgan fingerprint density at radius 1 is 1.75 bits per heavy atom. The first-order chi connectivity index (χ1) is 5.83. The molecular formula is C8H14N2OS. The lowest BCUT2D eigenvalue weighted by Gasteiger charge is -2.10. The molecule has 12 heavy (non-hydrogen) atoms. The highest BCUT2D eigenvalue weighted by atomic mass is 32.1. The van der Waals surface area contributed by atoms with Crippen LogP contribution in [0.5, 0.6) is 0 Å². The molecule has 1 rings (SSSR count). The van der Waals surface area contributed by atoms with E-state index in [1.807, 2.05) is 10.9 Å². The first kappa shape index (κ1) is 9.64. The normalized spacial score (nSPS) is 13.2. The smallest absolute Gasteiger partial charge is 0.0795 e. The number of aliphatic hydroxyl groups is 1. The van der Waals surface area contributed by atoms with Gasteiger partial charge in [-0.15, -0.1) is 11.3 Å². The fourth-order valence-electron chi connectivity index (χ4n) is 0.899. The van der Waals surface area contributed by atoms with Crippen molar-refractivity contribution in [3.8, 4) is 0 Å². The van der Waals surface area contributed by atoms with E-state index in [0.29, 0.717) is 6.04 Å². The fourth-order valence-corrected chi connectivity index (χ4v) is 1.46. The fraction of sp³-hybridized carbons (Fsp3) is 0.625. The Kier molecular flexibility index (Phi) is 4.21. The molecule has 68 valence electrons. The molecular weight excluding hydrogens is 172 g/mol. The van der Waals surface area contributed by atoms with Gasteiger partial charge in [0.05, 0.1) is 11.2 Å². The minimum atomic E-state index is 0.241. The zero-order valence-corrected chi connectivity index (χ0v) is 7.97. The molecule has 0 aliphatic carbocycles. The second-order valence-corrected chi connectivity index (χ2v) is 3.49. The highest BCUT2D eigenvalue weighted by molar-refractivity contribution is 7.07. The summed E-state index contributed by atoms with van der Waals surface area (Å²) in [4.78, 5) is 4.14. The third kappa shape index (κ3) is 3.30. The summed E-state index contributed by atoms with van der Waals surface area (Å²) in [6, 6.07) is 0.358. The minimum Gasteiger partial charge on any atom is -0.396 e. The van der Waals surface area contributed by atoms with Crippen molar-refractivity contribution in [3.63, 3.8) is 0 Å². The molecule has 3 nitrogen and oxygen atoms in total. The molecule has 1 heterocycles. The van der Waals surface area contributed by atoms with Gasteiger partial charge in [0.1, 0.15) is 0 Å². The lowest BCUT2D eigenvalue weighted by atomic mass is 10.2. The van der Waals surface area contributed by atoms with Gasteiger partial charge < -0.3 is 10.4 Å². The molecule has 0 saturated carbocycles. The molecule has 0 aliphatic heterocycles. The Hall–Kier alpha value is -0.450. The van der Waals surface area contributed by atoms with Crippen LogP contribution in [-0.2, 0) is 6.54 Å². The second kappa shape index (κ2) is 5.24. The van der Waals surface area contributed by atoms with Crippen LogP contribution in [0, 0.1) is 0 Å². The molecule has 2 N–H and O–H groups in total. The molecule has 1 aromatic heterocycles. The van der Waals surface area contributed by atoms with Crippen molar-refractivity contribution >= 4 is 11.3 Å². The van der Waals surface area contributed by atoms with Gasteiger partial charge in [0.25, 0.3) is 0 Å².